The monoisotopic (exact) mass is 501 g/mol. The molecule has 6 nitrogen and oxygen atoms in total. The third kappa shape index (κ3) is 8.76. The zero-order valence-corrected chi connectivity index (χ0v) is 23.3. The number of rotatable bonds is 12. The van der Waals surface area contributed by atoms with E-state index < -0.39 is 14.3 Å². The summed E-state index contributed by atoms with van der Waals surface area (Å²) in [7, 11) is -2.10. The first-order chi connectivity index (χ1) is 16.1. The van der Waals surface area contributed by atoms with Crippen LogP contribution < -0.4 is 5.32 Å². The molecule has 0 heterocycles. The molecule has 0 fully saturated rings. The number of aromatic hydroxyl groups is 1. The largest absolute Gasteiger partial charge is 0.508 e. The fourth-order valence-electron chi connectivity index (χ4n) is 3.78. The molecule has 0 spiro atoms. The second-order valence-electron chi connectivity index (χ2n) is 11.6. The lowest BCUT2D eigenvalue weighted by Crippen LogP contribution is -2.47. The van der Waals surface area contributed by atoms with Crippen molar-refractivity contribution < 1.29 is 24.5 Å². The number of phenols is 1. The van der Waals surface area contributed by atoms with Gasteiger partial charge in [0.25, 0.3) is 0 Å². The van der Waals surface area contributed by atoms with Gasteiger partial charge in [0.05, 0.1) is 12.7 Å². The number of carbonyl (C=O) groups is 1. The highest BCUT2D eigenvalue weighted by Gasteiger charge is 2.39. The van der Waals surface area contributed by atoms with Crippen molar-refractivity contribution in [3.63, 3.8) is 0 Å². The van der Waals surface area contributed by atoms with Crippen molar-refractivity contribution in [1.29, 1.82) is 0 Å². The van der Waals surface area contributed by atoms with Crippen LogP contribution in [0.25, 0.3) is 0 Å². The van der Waals surface area contributed by atoms with E-state index in [0.29, 0.717) is 18.5 Å². The summed E-state index contributed by atoms with van der Waals surface area (Å²) in [5.41, 5.74) is 3.36. The van der Waals surface area contributed by atoms with Gasteiger partial charge in [-0.3, -0.25) is 4.79 Å². The summed E-state index contributed by atoms with van der Waals surface area (Å²) in [6, 6.07) is 13.4. The topological polar surface area (TPSA) is 99.0 Å². The molecule has 0 aliphatic carbocycles. The number of benzene rings is 2. The number of aryl methyl sites for hydroxylation is 1. The number of hydrogen-bond acceptors (Lipinski definition) is 5. The third-order valence-electron chi connectivity index (χ3n) is 6.92. The van der Waals surface area contributed by atoms with Crippen LogP contribution in [0, 0.1) is 0 Å². The van der Waals surface area contributed by atoms with Crippen LogP contribution in [0.3, 0.4) is 0 Å². The van der Waals surface area contributed by atoms with E-state index in [1.54, 1.807) is 6.07 Å². The molecule has 0 aliphatic heterocycles. The Bertz CT molecular complexity index is 997. The molecule has 0 aromatic heterocycles. The third-order valence-corrected chi connectivity index (χ3v) is 11.4. The molecule has 35 heavy (non-hydrogen) atoms. The van der Waals surface area contributed by atoms with E-state index in [0.717, 1.165) is 23.1 Å². The minimum Gasteiger partial charge on any atom is -0.508 e. The lowest BCUT2D eigenvalue weighted by Gasteiger charge is -2.40. The molecule has 0 saturated carbocycles. The van der Waals surface area contributed by atoms with Gasteiger partial charge in [-0.15, -0.1) is 0 Å². The maximum atomic E-state index is 10.9. The summed E-state index contributed by atoms with van der Waals surface area (Å²) in [4.78, 5) is 10.9. The molecule has 1 atom stereocenters. The second kappa shape index (κ2) is 11.7. The molecule has 4 N–H and O–H groups in total. The number of aliphatic hydroxyl groups excluding tert-OH is 1. The molecular weight excluding hydrogens is 458 g/mol. The summed E-state index contributed by atoms with van der Waals surface area (Å²) in [6.07, 6.45) is 1.19. The van der Waals surface area contributed by atoms with Gasteiger partial charge in [-0.2, -0.15) is 0 Å². The second-order valence-corrected chi connectivity index (χ2v) is 16.3. The SMILES string of the molecule is CC(C)(Cc1cccc(CCC(=O)O)c1)NC[C@H](O[Si](C)(C)C(C)(C)C)c1ccc(O)c(CO)c1. The maximum absolute atomic E-state index is 10.9. The lowest BCUT2D eigenvalue weighted by molar-refractivity contribution is -0.136. The van der Waals surface area contributed by atoms with Crippen LogP contribution in [0.2, 0.25) is 18.1 Å². The van der Waals surface area contributed by atoms with Gasteiger partial charge in [0.1, 0.15) is 5.75 Å². The van der Waals surface area contributed by atoms with E-state index in [1.165, 1.54) is 0 Å². The molecule has 2 aromatic carbocycles. The van der Waals surface area contributed by atoms with Crippen LogP contribution >= 0.6 is 0 Å². The van der Waals surface area contributed by atoms with Gasteiger partial charge in [-0.05, 0) is 73.6 Å². The van der Waals surface area contributed by atoms with Crippen LogP contribution in [-0.2, 0) is 28.7 Å². The van der Waals surface area contributed by atoms with Gasteiger partial charge in [-0.25, -0.2) is 0 Å². The molecule has 194 valence electrons. The van der Waals surface area contributed by atoms with E-state index in [1.807, 2.05) is 24.3 Å². The fourth-order valence-corrected chi connectivity index (χ4v) is 5.06. The van der Waals surface area contributed by atoms with E-state index >= 15 is 0 Å². The Morgan fingerprint density at radius 2 is 1.71 bits per heavy atom. The average Bonchev–Trinajstić information content (AvgIpc) is 2.74. The quantitative estimate of drug-likeness (QED) is 0.284. The molecule has 0 amide bonds. The highest BCUT2D eigenvalue weighted by molar-refractivity contribution is 6.74. The first kappa shape index (κ1) is 29.0. The summed E-state index contributed by atoms with van der Waals surface area (Å²) < 4.78 is 6.80. The minimum atomic E-state index is -2.10. The molecule has 2 aromatic rings. The van der Waals surface area contributed by atoms with E-state index in [2.05, 4.69) is 65.2 Å². The fraction of sp³-hybridized carbons (Fsp3) is 0.536. The maximum Gasteiger partial charge on any atom is 0.303 e. The van der Waals surface area contributed by atoms with Crippen LogP contribution in [0.15, 0.2) is 42.5 Å². The van der Waals surface area contributed by atoms with Gasteiger partial charge in [0, 0.05) is 24.1 Å². The minimum absolute atomic E-state index is 0.0356. The highest BCUT2D eigenvalue weighted by atomic mass is 28.4. The molecule has 7 heteroatoms. The van der Waals surface area contributed by atoms with Crippen molar-refractivity contribution in [2.45, 2.75) is 90.3 Å². The average molecular weight is 502 g/mol. The lowest BCUT2D eigenvalue weighted by atomic mass is 9.93. The van der Waals surface area contributed by atoms with Crippen molar-refractivity contribution in [2.24, 2.45) is 0 Å². The van der Waals surface area contributed by atoms with Crippen LogP contribution in [-0.4, -0.2) is 41.7 Å². The van der Waals surface area contributed by atoms with Gasteiger partial charge in [-0.1, -0.05) is 51.1 Å². The normalized spacial score (nSPS) is 13.6. The molecule has 0 radical (unpaired) electrons. The van der Waals surface area contributed by atoms with Gasteiger partial charge >= 0.3 is 5.97 Å². The van der Waals surface area contributed by atoms with Crippen LogP contribution in [0.5, 0.6) is 5.75 Å². The molecular formula is C28H43NO5Si. The smallest absolute Gasteiger partial charge is 0.303 e. The van der Waals surface area contributed by atoms with E-state index in [-0.39, 0.29) is 35.5 Å². The zero-order chi connectivity index (χ0) is 26.4. The van der Waals surface area contributed by atoms with Crippen molar-refractivity contribution in [1.82, 2.24) is 5.32 Å². The Kier molecular flexibility index (Phi) is 9.70. The Balaban J connectivity index is 2.21. The molecule has 2 rings (SSSR count). The van der Waals surface area contributed by atoms with Crippen LogP contribution in [0.1, 0.15) is 69.4 Å². The van der Waals surface area contributed by atoms with Gasteiger partial charge in [0.15, 0.2) is 8.32 Å². The predicted molar refractivity (Wildman–Crippen MR) is 143 cm³/mol. The standard InChI is InChI=1S/C28H43NO5Si/c1-27(2,3)35(6,7)34-25(22-12-13-24(31)23(16-22)19-30)18-29-28(4,5)17-21-10-8-9-20(15-21)11-14-26(32)33/h8-10,12-13,15-16,25,29-31H,11,14,17-19H2,1-7H3,(H,32,33)/t25-/m0/s1. The Hall–Kier alpha value is -2.19. The summed E-state index contributed by atoms with van der Waals surface area (Å²) >= 11 is 0. The highest BCUT2D eigenvalue weighted by Crippen LogP contribution is 2.40. The number of hydrogen-bond donors (Lipinski definition) is 4. The number of aliphatic carboxylic acids is 1. The Morgan fingerprint density at radius 3 is 2.31 bits per heavy atom. The van der Waals surface area contributed by atoms with Crippen molar-refractivity contribution in [3.05, 3.63) is 64.7 Å². The van der Waals surface area contributed by atoms with E-state index in [4.69, 9.17) is 9.53 Å². The molecule has 0 unspecified atom stereocenters. The van der Waals surface area contributed by atoms with Gasteiger partial charge < -0.3 is 25.1 Å². The Labute approximate surface area is 211 Å². The number of nitrogens with one attached hydrogen (secondary N) is 1. The summed E-state index contributed by atoms with van der Waals surface area (Å²) in [6.45, 7) is 15.7. The predicted octanol–water partition coefficient (Wildman–Crippen LogP) is 5.58. The summed E-state index contributed by atoms with van der Waals surface area (Å²) in [5, 5.41) is 32.4. The van der Waals surface area contributed by atoms with Crippen molar-refractivity contribution in [3.8, 4) is 5.75 Å². The van der Waals surface area contributed by atoms with Crippen LogP contribution in [0.4, 0.5) is 0 Å². The van der Waals surface area contributed by atoms with Crippen molar-refractivity contribution >= 4 is 14.3 Å². The number of carboxylic acid groups (broad SMARTS) is 1. The first-order valence-corrected chi connectivity index (χ1v) is 15.2. The zero-order valence-electron chi connectivity index (χ0n) is 22.3. The van der Waals surface area contributed by atoms with Gasteiger partial charge in [0.2, 0.25) is 0 Å². The summed E-state index contributed by atoms with van der Waals surface area (Å²) in [5.74, 6) is -0.706. The number of aliphatic hydroxyl groups is 1. The number of carboxylic acids is 1. The molecule has 0 bridgehead atoms. The molecule has 0 saturated heterocycles. The molecule has 0 aliphatic rings. The van der Waals surface area contributed by atoms with E-state index in [9.17, 15) is 15.0 Å². The Morgan fingerprint density at radius 1 is 1.06 bits per heavy atom. The van der Waals surface area contributed by atoms with Crippen molar-refractivity contribution in [2.75, 3.05) is 6.54 Å². The first-order valence-electron chi connectivity index (χ1n) is 12.3.